The van der Waals surface area contributed by atoms with Crippen LogP contribution in [0.4, 0.5) is 34.8 Å². The number of carbonyl (C=O) groups excluding carboxylic acids is 1. The predicted molar refractivity (Wildman–Crippen MR) is 113 cm³/mol. The van der Waals surface area contributed by atoms with Gasteiger partial charge in [-0.15, -0.1) is 0 Å². The average molecular weight is 482 g/mol. The van der Waals surface area contributed by atoms with E-state index in [1.165, 1.54) is 12.3 Å². The summed E-state index contributed by atoms with van der Waals surface area (Å²) in [6.45, 7) is 0.362. The zero-order valence-electron chi connectivity index (χ0n) is 16.8. The molecule has 0 unspecified atom stereocenters. The Morgan fingerprint density at radius 2 is 2.03 bits per heavy atom. The number of para-hydroxylation sites is 1. The largest absolute Gasteiger partial charge is 0.489 e. The lowest BCUT2D eigenvalue weighted by atomic mass is 10.1. The molecule has 0 atom stereocenters. The lowest BCUT2D eigenvalue weighted by Crippen LogP contribution is -2.31. The summed E-state index contributed by atoms with van der Waals surface area (Å²) in [6.07, 6.45) is -3.36. The van der Waals surface area contributed by atoms with Gasteiger partial charge in [-0.25, -0.2) is 9.37 Å². The number of alkyl halides is 3. The first-order valence-corrected chi connectivity index (χ1v) is 10.0. The lowest BCUT2D eigenvalue weighted by molar-refractivity contribution is -0.139. The summed E-state index contributed by atoms with van der Waals surface area (Å²) in [5.74, 6) is -1.56. The molecule has 0 aliphatic carbocycles. The SMILES string of the molecule is O=C(Nc1ccc(C(F)(F)F)c(F)c1)c1cccc2c1OCCN2c1ncc(CO)cc1Cl. The molecule has 4 rings (SSSR count). The van der Waals surface area contributed by atoms with Gasteiger partial charge in [0.05, 0.1) is 35.0 Å². The standard InChI is InChI=1S/C22H16ClF4N3O3/c23-16-8-12(11-31)10-28-20(16)30-6-7-33-19-14(2-1-3-18(19)30)21(32)29-13-4-5-15(17(24)9-13)22(25,26)27/h1-5,8-10,31H,6-7,11H2,(H,29,32). The molecule has 1 aliphatic rings. The molecule has 1 aromatic heterocycles. The summed E-state index contributed by atoms with van der Waals surface area (Å²) < 4.78 is 57.9. The fourth-order valence-electron chi connectivity index (χ4n) is 3.42. The Labute approximate surface area is 190 Å². The van der Waals surface area contributed by atoms with Crippen molar-refractivity contribution in [3.05, 3.63) is 76.2 Å². The van der Waals surface area contributed by atoms with Crippen molar-refractivity contribution in [1.82, 2.24) is 4.98 Å². The van der Waals surface area contributed by atoms with E-state index >= 15 is 0 Å². The molecule has 0 spiro atoms. The Bertz CT molecular complexity index is 1220. The van der Waals surface area contributed by atoms with Crippen molar-refractivity contribution < 1.29 is 32.2 Å². The first kappa shape index (κ1) is 22.8. The molecule has 2 aromatic carbocycles. The molecule has 0 bridgehead atoms. The highest BCUT2D eigenvalue weighted by Crippen LogP contribution is 2.41. The summed E-state index contributed by atoms with van der Waals surface area (Å²) in [4.78, 5) is 18.9. The molecule has 6 nitrogen and oxygen atoms in total. The van der Waals surface area contributed by atoms with E-state index < -0.39 is 23.5 Å². The summed E-state index contributed by atoms with van der Waals surface area (Å²) in [7, 11) is 0. The van der Waals surface area contributed by atoms with E-state index in [1.807, 2.05) is 0 Å². The number of hydrogen-bond acceptors (Lipinski definition) is 5. The Morgan fingerprint density at radius 1 is 1.24 bits per heavy atom. The number of benzene rings is 2. The summed E-state index contributed by atoms with van der Waals surface area (Å²) >= 11 is 6.33. The van der Waals surface area contributed by atoms with Crippen LogP contribution in [0.25, 0.3) is 0 Å². The molecular formula is C22H16ClF4N3O3. The number of aromatic nitrogens is 1. The molecule has 1 amide bonds. The van der Waals surface area contributed by atoms with Gasteiger partial charge in [0.1, 0.15) is 12.4 Å². The van der Waals surface area contributed by atoms with Gasteiger partial charge in [0.2, 0.25) is 0 Å². The minimum absolute atomic E-state index is 0.0978. The second kappa shape index (κ2) is 8.87. The second-order valence-corrected chi connectivity index (χ2v) is 7.51. The van der Waals surface area contributed by atoms with Crippen LogP contribution in [0.1, 0.15) is 21.5 Å². The molecule has 1 aliphatic heterocycles. The van der Waals surface area contributed by atoms with E-state index in [1.54, 1.807) is 23.1 Å². The summed E-state index contributed by atoms with van der Waals surface area (Å²) in [5, 5.41) is 11.9. The number of aliphatic hydroxyl groups is 1. The number of nitrogens with zero attached hydrogens (tertiary/aromatic N) is 2. The highest BCUT2D eigenvalue weighted by Gasteiger charge is 2.34. The van der Waals surface area contributed by atoms with Crippen molar-refractivity contribution in [2.45, 2.75) is 12.8 Å². The van der Waals surface area contributed by atoms with Gasteiger partial charge in [-0.3, -0.25) is 4.79 Å². The van der Waals surface area contributed by atoms with Gasteiger partial charge < -0.3 is 20.1 Å². The third-order valence-corrected chi connectivity index (χ3v) is 5.22. The molecule has 0 saturated carbocycles. The van der Waals surface area contributed by atoms with Crippen LogP contribution < -0.4 is 15.0 Å². The maximum atomic E-state index is 13.9. The third kappa shape index (κ3) is 4.57. The Kier molecular flexibility index (Phi) is 6.13. The highest BCUT2D eigenvalue weighted by atomic mass is 35.5. The van der Waals surface area contributed by atoms with Crippen LogP contribution in [0.5, 0.6) is 5.75 Å². The van der Waals surface area contributed by atoms with E-state index in [2.05, 4.69) is 10.3 Å². The summed E-state index contributed by atoms with van der Waals surface area (Å²) in [5.41, 5.74) is -0.429. The number of halogens is 5. The van der Waals surface area contributed by atoms with Crippen LogP contribution in [0.15, 0.2) is 48.7 Å². The number of anilines is 3. The predicted octanol–water partition coefficient (Wildman–Crippen LogP) is 5.17. The Hall–Kier alpha value is -3.37. The molecule has 11 heteroatoms. The lowest BCUT2D eigenvalue weighted by Gasteiger charge is -2.32. The topological polar surface area (TPSA) is 74.7 Å². The van der Waals surface area contributed by atoms with Gasteiger partial charge in [0.15, 0.2) is 11.6 Å². The number of nitrogens with one attached hydrogen (secondary N) is 1. The number of rotatable bonds is 4. The number of amides is 1. The molecule has 0 saturated heterocycles. The van der Waals surface area contributed by atoms with E-state index in [9.17, 15) is 27.5 Å². The summed E-state index contributed by atoms with van der Waals surface area (Å²) in [6, 6.07) is 8.48. The number of ether oxygens (including phenoxy) is 1. The van der Waals surface area contributed by atoms with Crippen LogP contribution in [0.3, 0.4) is 0 Å². The van der Waals surface area contributed by atoms with Crippen molar-refractivity contribution in [1.29, 1.82) is 0 Å². The number of pyridine rings is 1. The smallest absolute Gasteiger partial charge is 0.419 e. The van der Waals surface area contributed by atoms with Crippen molar-refractivity contribution in [2.24, 2.45) is 0 Å². The first-order chi connectivity index (χ1) is 15.7. The second-order valence-electron chi connectivity index (χ2n) is 7.11. The minimum atomic E-state index is -4.84. The van der Waals surface area contributed by atoms with Crippen LogP contribution >= 0.6 is 11.6 Å². The minimum Gasteiger partial charge on any atom is -0.489 e. The van der Waals surface area contributed by atoms with Crippen LogP contribution in [0, 0.1) is 5.82 Å². The average Bonchev–Trinajstić information content (AvgIpc) is 2.77. The molecule has 0 fully saturated rings. The van der Waals surface area contributed by atoms with Gasteiger partial charge >= 0.3 is 6.18 Å². The normalized spacial score (nSPS) is 13.3. The van der Waals surface area contributed by atoms with Crippen molar-refractivity contribution >= 4 is 34.7 Å². The van der Waals surface area contributed by atoms with E-state index in [4.69, 9.17) is 16.3 Å². The van der Waals surface area contributed by atoms with Gasteiger partial charge in [0.25, 0.3) is 5.91 Å². The molecule has 33 heavy (non-hydrogen) atoms. The number of hydrogen-bond donors (Lipinski definition) is 2. The molecule has 2 N–H and O–H groups in total. The monoisotopic (exact) mass is 481 g/mol. The van der Waals surface area contributed by atoms with Gasteiger partial charge in [-0.05, 0) is 42.0 Å². The van der Waals surface area contributed by atoms with Crippen molar-refractivity contribution in [3.63, 3.8) is 0 Å². The zero-order valence-corrected chi connectivity index (χ0v) is 17.5. The molecular weight excluding hydrogens is 466 g/mol. The number of carbonyl (C=O) groups is 1. The fourth-order valence-corrected chi connectivity index (χ4v) is 3.71. The van der Waals surface area contributed by atoms with Crippen molar-refractivity contribution in [3.8, 4) is 5.75 Å². The number of aliphatic hydroxyl groups excluding tert-OH is 1. The van der Waals surface area contributed by atoms with E-state index in [0.717, 1.165) is 6.07 Å². The fraction of sp³-hybridized carbons (Fsp3) is 0.182. The third-order valence-electron chi connectivity index (χ3n) is 4.94. The maximum absolute atomic E-state index is 13.9. The first-order valence-electron chi connectivity index (χ1n) is 9.65. The van der Waals surface area contributed by atoms with E-state index in [-0.39, 0.29) is 30.2 Å². The molecule has 2 heterocycles. The quantitative estimate of drug-likeness (QED) is 0.503. The molecule has 172 valence electrons. The number of fused-ring (bicyclic) bond motifs is 1. The van der Waals surface area contributed by atoms with E-state index in [0.29, 0.717) is 40.8 Å². The van der Waals surface area contributed by atoms with Crippen LogP contribution in [-0.2, 0) is 12.8 Å². The maximum Gasteiger partial charge on any atom is 0.419 e. The van der Waals surface area contributed by atoms with Crippen molar-refractivity contribution in [2.75, 3.05) is 23.4 Å². The van der Waals surface area contributed by atoms with Gasteiger partial charge in [-0.1, -0.05) is 17.7 Å². The van der Waals surface area contributed by atoms with Crippen LogP contribution in [0.2, 0.25) is 5.02 Å². The van der Waals surface area contributed by atoms with Gasteiger partial charge in [-0.2, -0.15) is 13.2 Å². The highest BCUT2D eigenvalue weighted by molar-refractivity contribution is 6.33. The van der Waals surface area contributed by atoms with Crippen LogP contribution in [-0.4, -0.2) is 29.1 Å². The zero-order chi connectivity index (χ0) is 23.8. The Balaban J connectivity index is 1.64. The Morgan fingerprint density at radius 3 is 2.70 bits per heavy atom. The molecule has 0 radical (unpaired) electrons. The molecule has 3 aromatic rings. The van der Waals surface area contributed by atoms with Gasteiger partial charge in [0, 0.05) is 11.9 Å².